The van der Waals surface area contributed by atoms with Crippen LogP contribution in [-0.4, -0.2) is 74.4 Å². The average molecular weight is 362 g/mol. The number of ether oxygens (including phenoxy) is 1. The van der Waals surface area contributed by atoms with Gasteiger partial charge in [-0.3, -0.25) is 0 Å². The Morgan fingerprint density at radius 1 is 1.04 bits per heavy atom. The van der Waals surface area contributed by atoms with Crippen molar-refractivity contribution in [3.63, 3.8) is 0 Å². The summed E-state index contributed by atoms with van der Waals surface area (Å²) in [5.74, 6) is -0.368. The van der Waals surface area contributed by atoms with Crippen molar-refractivity contribution in [2.24, 2.45) is 17.8 Å². The third kappa shape index (κ3) is 5.46. The Balaban J connectivity index is 2.73. The molecule has 8 nitrogen and oxygen atoms in total. The van der Waals surface area contributed by atoms with Gasteiger partial charge < -0.3 is 35.1 Å². The Bertz CT molecular complexity index is 440. The molecular weight excluding hydrogens is 332 g/mol. The number of carbonyl (C=O) groups excluding carboxylic acids is 2. The third-order valence-electron chi connectivity index (χ3n) is 5.03. The molecule has 0 radical (unpaired) electrons. The first-order valence-electron chi connectivity index (χ1n) is 8.67. The molecule has 0 amide bonds. The minimum Gasteiger partial charge on any atom is -0.460 e. The lowest BCUT2D eigenvalue weighted by molar-refractivity contribution is -0.183. The van der Waals surface area contributed by atoms with Gasteiger partial charge in [0.1, 0.15) is 30.5 Å². The predicted octanol–water partition coefficient (Wildman–Crippen LogP) is -1.01. The highest BCUT2D eigenvalue weighted by molar-refractivity contribution is 5.75. The van der Waals surface area contributed by atoms with E-state index in [1.54, 1.807) is 0 Å². The van der Waals surface area contributed by atoms with Crippen LogP contribution in [0.4, 0.5) is 0 Å². The van der Waals surface area contributed by atoms with Crippen LogP contribution < -0.4 is 0 Å². The van der Waals surface area contributed by atoms with Crippen LogP contribution in [0, 0.1) is 17.8 Å². The van der Waals surface area contributed by atoms with Gasteiger partial charge in [-0.15, -0.1) is 0 Å². The van der Waals surface area contributed by atoms with Crippen molar-refractivity contribution in [2.75, 3.05) is 0 Å². The van der Waals surface area contributed by atoms with Crippen LogP contribution in [0.15, 0.2) is 0 Å². The molecule has 25 heavy (non-hydrogen) atoms. The van der Waals surface area contributed by atoms with Gasteiger partial charge in [-0.1, -0.05) is 27.2 Å². The second kappa shape index (κ2) is 9.59. The van der Waals surface area contributed by atoms with Crippen molar-refractivity contribution in [1.29, 1.82) is 0 Å². The lowest BCUT2D eigenvalue weighted by atomic mass is 9.72. The molecule has 0 bridgehead atoms. The fourth-order valence-corrected chi connectivity index (χ4v) is 3.65. The quantitative estimate of drug-likeness (QED) is 0.273. The highest BCUT2D eigenvalue weighted by atomic mass is 16.6. The maximum atomic E-state index is 12.1. The van der Waals surface area contributed by atoms with Crippen molar-refractivity contribution >= 4 is 12.3 Å². The van der Waals surface area contributed by atoms with Gasteiger partial charge >= 0.3 is 5.97 Å². The van der Waals surface area contributed by atoms with Gasteiger partial charge in [0.15, 0.2) is 12.4 Å². The zero-order valence-corrected chi connectivity index (χ0v) is 14.9. The zero-order valence-electron chi connectivity index (χ0n) is 14.9. The molecule has 0 heterocycles. The molecule has 0 aromatic carbocycles. The van der Waals surface area contributed by atoms with Crippen molar-refractivity contribution < 1.29 is 39.9 Å². The van der Waals surface area contributed by atoms with Crippen LogP contribution in [0.25, 0.3) is 0 Å². The Hall–Kier alpha value is -1.06. The molecule has 0 spiro atoms. The molecule has 0 saturated heterocycles. The predicted molar refractivity (Wildman–Crippen MR) is 87.3 cm³/mol. The van der Waals surface area contributed by atoms with Crippen LogP contribution in [0.2, 0.25) is 0 Å². The number of hydrogen-bond donors (Lipinski definition) is 5. The Labute approximate surface area is 147 Å². The number of aliphatic hydroxyl groups excluding tert-OH is 5. The molecule has 5 N–H and O–H groups in total. The van der Waals surface area contributed by atoms with Gasteiger partial charge in [0.2, 0.25) is 0 Å². The lowest BCUT2D eigenvalue weighted by Gasteiger charge is -2.39. The summed E-state index contributed by atoms with van der Waals surface area (Å²) in [5.41, 5.74) is 0. The SMILES string of the molecule is CC(C)C1C(C)CCCC1OC(=O)C(O)[C@@H](O)[C@@H](O)[C@H](O)[C@@H](O)C=O. The fourth-order valence-electron chi connectivity index (χ4n) is 3.65. The fraction of sp³-hybridized carbons (Fsp3) is 0.882. The van der Waals surface area contributed by atoms with Crippen LogP contribution in [0.3, 0.4) is 0 Å². The molecule has 0 aromatic heterocycles. The first-order chi connectivity index (χ1) is 11.6. The maximum absolute atomic E-state index is 12.1. The van der Waals surface area contributed by atoms with Gasteiger partial charge in [-0.25, -0.2) is 4.79 Å². The van der Waals surface area contributed by atoms with Crippen LogP contribution in [-0.2, 0) is 14.3 Å². The lowest BCUT2D eigenvalue weighted by Crippen LogP contribution is -2.52. The summed E-state index contributed by atoms with van der Waals surface area (Å²) in [6, 6.07) is 0. The molecule has 4 unspecified atom stereocenters. The van der Waals surface area contributed by atoms with E-state index in [9.17, 15) is 30.0 Å². The van der Waals surface area contributed by atoms with Crippen LogP contribution >= 0.6 is 0 Å². The highest BCUT2D eigenvalue weighted by Crippen LogP contribution is 2.37. The number of hydrogen-bond acceptors (Lipinski definition) is 8. The van der Waals surface area contributed by atoms with Crippen molar-refractivity contribution in [2.45, 2.75) is 76.7 Å². The topological polar surface area (TPSA) is 145 Å². The number of aldehydes is 1. The average Bonchev–Trinajstić information content (AvgIpc) is 2.57. The number of carbonyl (C=O) groups is 2. The van der Waals surface area contributed by atoms with E-state index in [0.29, 0.717) is 12.3 Å². The minimum absolute atomic E-state index is 0.0258. The summed E-state index contributed by atoms with van der Waals surface area (Å²) in [6.07, 6.45) is -8.15. The molecule has 0 aromatic rings. The molecule has 146 valence electrons. The van der Waals surface area contributed by atoms with E-state index in [-0.39, 0.29) is 18.1 Å². The maximum Gasteiger partial charge on any atom is 0.338 e. The third-order valence-corrected chi connectivity index (χ3v) is 5.03. The molecule has 1 aliphatic carbocycles. The first-order valence-corrected chi connectivity index (χ1v) is 8.67. The normalized spacial score (nSPS) is 30.2. The molecule has 8 heteroatoms. The molecular formula is C17H30O8. The molecule has 1 rings (SSSR count). The van der Waals surface area contributed by atoms with Crippen LogP contribution in [0.5, 0.6) is 0 Å². The number of rotatable bonds is 8. The van der Waals surface area contributed by atoms with Crippen molar-refractivity contribution in [3.8, 4) is 0 Å². The van der Waals surface area contributed by atoms with E-state index in [0.717, 1.165) is 12.8 Å². The summed E-state index contributed by atoms with van der Waals surface area (Å²) in [6.45, 7) is 6.13. The summed E-state index contributed by atoms with van der Waals surface area (Å²) in [7, 11) is 0. The minimum atomic E-state index is -2.10. The standard InChI is InChI=1S/C17H30O8/c1-8(2)12-9(3)5-4-6-11(12)25-17(24)16(23)15(22)14(21)13(20)10(19)7-18/h7-16,19-23H,4-6H2,1-3H3/t9?,10-,11?,12?,13+,14-,15-,16?/m0/s1. The number of esters is 1. The Morgan fingerprint density at radius 2 is 1.64 bits per heavy atom. The smallest absolute Gasteiger partial charge is 0.338 e. The van der Waals surface area contributed by atoms with E-state index in [1.807, 2.05) is 13.8 Å². The van der Waals surface area contributed by atoms with E-state index < -0.39 is 42.6 Å². The van der Waals surface area contributed by atoms with E-state index >= 15 is 0 Å². The van der Waals surface area contributed by atoms with E-state index in [4.69, 9.17) is 9.84 Å². The summed E-state index contributed by atoms with van der Waals surface area (Å²) < 4.78 is 5.36. The summed E-state index contributed by atoms with van der Waals surface area (Å²) in [4.78, 5) is 22.6. The largest absolute Gasteiger partial charge is 0.460 e. The van der Waals surface area contributed by atoms with Gasteiger partial charge in [0, 0.05) is 5.92 Å². The summed E-state index contributed by atoms with van der Waals surface area (Å²) in [5, 5.41) is 48.1. The van der Waals surface area contributed by atoms with Gasteiger partial charge in [-0.05, 0) is 24.7 Å². The highest BCUT2D eigenvalue weighted by Gasteiger charge is 2.41. The molecule has 0 aliphatic heterocycles. The van der Waals surface area contributed by atoms with Gasteiger partial charge in [0.05, 0.1) is 0 Å². The Kier molecular flexibility index (Phi) is 8.43. The van der Waals surface area contributed by atoms with Gasteiger partial charge in [-0.2, -0.15) is 0 Å². The molecule has 1 saturated carbocycles. The second-order valence-corrected chi connectivity index (χ2v) is 7.25. The second-order valence-electron chi connectivity index (χ2n) is 7.25. The van der Waals surface area contributed by atoms with Crippen molar-refractivity contribution in [1.82, 2.24) is 0 Å². The zero-order chi connectivity index (χ0) is 19.3. The first kappa shape index (κ1) is 22.0. The van der Waals surface area contributed by atoms with E-state index in [1.165, 1.54) is 0 Å². The summed E-state index contributed by atoms with van der Waals surface area (Å²) >= 11 is 0. The molecule has 8 atom stereocenters. The molecule has 1 aliphatic rings. The number of aliphatic hydroxyl groups is 5. The van der Waals surface area contributed by atoms with Gasteiger partial charge in [0.25, 0.3) is 0 Å². The monoisotopic (exact) mass is 362 g/mol. The van der Waals surface area contributed by atoms with Crippen molar-refractivity contribution in [3.05, 3.63) is 0 Å². The van der Waals surface area contributed by atoms with Crippen LogP contribution in [0.1, 0.15) is 40.0 Å². The Morgan fingerprint density at radius 3 is 2.16 bits per heavy atom. The molecule has 1 fully saturated rings. The van der Waals surface area contributed by atoms with E-state index in [2.05, 4.69) is 6.92 Å².